The molecule has 0 aromatic rings. The molecule has 4 aliphatic carbocycles. The fourth-order valence-electron chi connectivity index (χ4n) is 8.17. The lowest BCUT2D eigenvalue weighted by Gasteiger charge is -2.55. The third-order valence-corrected chi connectivity index (χ3v) is 8.86. The Balaban J connectivity index is 1.76. The van der Waals surface area contributed by atoms with Crippen molar-refractivity contribution in [2.24, 2.45) is 34.0 Å². The molecule has 1 heterocycles. The van der Waals surface area contributed by atoms with Gasteiger partial charge in [-0.15, -0.1) is 0 Å². The van der Waals surface area contributed by atoms with Crippen molar-refractivity contribution in [2.75, 3.05) is 6.61 Å². The number of aliphatic hydroxyl groups is 1. The Morgan fingerprint density at radius 3 is 2.76 bits per heavy atom. The van der Waals surface area contributed by atoms with Crippen LogP contribution in [-0.4, -0.2) is 34.4 Å². The standard InChI is InChI=1S/C20H26O5/c1-11-8-19-9-20(11,24)7-4-12(19)18-6-3-5-17(2,16(23)25-10-18)14(18)13(19)15(21)22/h12-14,24H,1,3-10H2,2H3,(H,21,22)/t12-,13+,14+,17-,18+,19-,20-/m0/s1. The summed E-state index contributed by atoms with van der Waals surface area (Å²) >= 11 is 0. The highest BCUT2D eigenvalue weighted by molar-refractivity contribution is 5.82. The number of hydrogen-bond donors (Lipinski definition) is 2. The second kappa shape index (κ2) is 4.30. The second-order valence-corrected chi connectivity index (χ2v) is 9.69. The van der Waals surface area contributed by atoms with Crippen LogP contribution >= 0.6 is 0 Å². The quantitative estimate of drug-likeness (QED) is 0.563. The molecule has 4 bridgehead atoms. The summed E-state index contributed by atoms with van der Waals surface area (Å²) in [5.74, 6) is -1.62. The minimum atomic E-state index is -0.922. The first kappa shape index (κ1) is 15.9. The smallest absolute Gasteiger partial charge is 0.312 e. The molecular weight excluding hydrogens is 320 g/mol. The second-order valence-electron chi connectivity index (χ2n) is 9.69. The number of carbonyl (C=O) groups excluding carboxylic acids is 1. The summed E-state index contributed by atoms with van der Waals surface area (Å²) in [4.78, 5) is 25.2. The lowest BCUT2D eigenvalue weighted by atomic mass is 9.51. The number of ether oxygens (including phenoxy) is 1. The Bertz CT molecular complexity index is 715. The van der Waals surface area contributed by atoms with E-state index in [1.54, 1.807) is 0 Å². The maximum absolute atomic E-state index is 12.7. The van der Waals surface area contributed by atoms with Gasteiger partial charge in [0.15, 0.2) is 0 Å². The number of carboxylic acids is 1. The van der Waals surface area contributed by atoms with Crippen molar-refractivity contribution >= 4 is 11.9 Å². The number of carbonyl (C=O) groups is 2. The lowest BCUT2D eigenvalue weighted by Crippen LogP contribution is -2.58. The van der Waals surface area contributed by atoms with Gasteiger partial charge >= 0.3 is 11.9 Å². The van der Waals surface area contributed by atoms with Crippen LogP contribution in [0.4, 0.5) is 0 Å². The van der Waals surface area contributed by atoms with E-state index in [0.29, 0.717) is 32.3 Å². The molecule has 1 aliphatic heterocycles. The van der Waals surface area contributed by atoms with Crippen LogP contribution in [0.2, 0.25) is 0 Å². The summed E-state index contributed by atoms with van der Waals surface area (Å²) in [6.07, 6.45) is 5.12. The molecule has 5 aliphatic rings. The van der Waals surface area contributed by atoms with Crippen LogP contribution in [0.15, 0.2) is 12.2 Å². The van der Waals surface area contributed by atoms with Crippen LogP contribution in [0.5, 0.6) is 0 Å². The van der Waals surface area contributed by atoms with Crippen LogP contribution in [0.1, 0.15) is 51.9 Å². The van der Waals surface area contributed by atoms with Gasteiger partial charge in [-0.1, -0.05) is 13.0 Å². The summed E-state index contributed by atoms with van der Waals surface area (Å²) in [6.45, 7) is 6.39. The number of hydrogen-bond acceptors (Lipinski definition) is 4. The van der Waals surface area contributed by atoms with Crippen LogP contribution in [0, 0.1) is 34.0 Å². The van der Waals surface area contributed by atoms with E-state index in [4.69, 9.17) is 4.74 Å². The number of esters is 1. The highest BCUT2D eigenvalue weighted by atomic mass is 16.5. The first-order valence-electron chi connectivity index (χ1n) is 9.50. The summed E-state index contributed by atoms with van der Waals surface area (Å²) in [5.41, 5.74) is -1.55. The fourth-order valence-corrected chi connectivity index (χ4v) is 8.17. The van der Waals surface area contributed by atoms with Crippen molar-refractivity contribution in [3.63, 3.8) is 0 Å². The third-order valence-electron chi connectivity index (χ3n) is 8.86. The van der Waals surface area contributed by atoms with Crippen molar-refractivity contribution in [3.8, 4) is 0 Å². The summed E-state index contributed by atoms with van der Waals surface area (Å²) in [7, 11) is 0. The van der Waals surface area contributed by atoms with Crippen molar-refractivity contribution in [3.05, 3.63) is 12.2 Å². The van der Waals surface area contributed by atoms with Gasteiger partial charge in [-0.2, -0.15) is 0 Å². The van der Waals surface area contributed by atoms with Crippen molar-refractivity contribution in [1.29, 1.82) is 0 Å². The Kier molecular flexibility index (Phi) is 2.73. The van der Waals surface area contributed by atoms with Crippen LogP contribution in [0.3, 0.4) is 0 Å². The molecule has 25 heavy (non-hydrogen) atoms. The zero-order valence-electron chi connectivity index (χ0n) is 14.7. The molecule has 5 fully saturated rings. The van der Waals surface area contributed by atoms with Gasteiger partial charge in [-0.05, 0) is 68.3 Å². The molecule has 4 saturated carbocycles. The summed E-state index contributed by atoms with van der Waals surface area (Å²) in [6, 6.07) is 0. The monoisotopic (exact) mass is 346 g/mol. The first-order chi connectivity index (χ1) is 11.7. The Morgan fingerprint density at radius 2 is 2.04 bits per heavy atom. The van der Waals surface area contributed by atoms with Gasteiger partial charge in [-0.25, -0.2) is 0 Å². The number of cyclic esters (lactones) is 1. The van der Waals surface area contributed by atoms with E-state index in [-0.39, 0.29) is 23.2 Å². The van der Waals surface area contributed by atoms with E-state index < -0.39 is 28.3 Å². The molecule has 1 spiro atoms. The molecule has 0 aromatic carbocycles. The van der Waals surface area contributed by atoms with Crippen molar-refractivity contribution in [1.82, 2.24) is 0 Å². The highest BCUT2D eigenvalue weighted by Gasteiger charge is 2.79. The van der Waals surface area contributed by atoms with E-state index in [0.717, 1.165) is 24.8 Å². The normalized spacial score (nSPS) is 56.2. The molecule has 136 valence electrons. The molecule has 0 radical (unpaired) electrons. The summed E-state index contributed by atoms with van der Waals surface area (Å²) in [5, 5.41) is 21.3. The van der Waals surface area contributed by atoms with Gasteiger partial charge < -0.3 is 14.9 Å². The number of fused-ring (bicyclic) bond motifs is 1. The molecule has 5 rings (SSSR count). The zero-order chi connectivity index (χ0) is 17.8. The SMILES string of the molecule is C=C1C[C@]23C[C@@]1(O)CC[C@H]2[C@@]12CCC[C@](C)(C(=O)OC1)[C@H]2[C@@H]3C(=O)O. The molecule has 7 atom stereocenters. The van der Waals surface area contributed by atoms with E-state index in [1.807, 2.05) is 6.92 Å². The van der Waals surface area contributed by atoms with Gasteiger partial charge in [-0.3, -0.25) is 9.59 Å². The average Bonchev–Trinajstić information content (AvgIpc) is 2.90. The van der Waals surface area contributed by atoms with Gasteiger partial charge in [0.25, 0.3) is 0 Å². The Hall–Kier alpha value is -1.36. The van der Waals surface area contributed by atoms with Gasteiger partial charge in [0.1, 0.15) is 0 Å². The molecule has 5 heteroatoms. The highest BCUT2D eigenvalue weighted by Crippen LogP contribution is 2.79. The predicted octanol–water partition coefficient (Wildman–Crippen LogP) is 2.53. The minimum absolute atomic E-state index is 0.189. The number of rotatable bonds is 1. The van der Waals surface area contributed by atoms with Crippen molar-refractivity contribution in [2.45, 2.75) is 57.5 Å². The van der Waals surface area contributed by atoms with E-state index in [9.17, 15) is 19.8 Å². The van der Waals surface area contributed by atoms with Gasteiger partial charge in [0.05, 0.1) is 23.5 Å². The largest absolute Gasteiger partial charge is 0.481 e. The number of aliphatic carboxylic acids is 1. The van der Waals surface area contributed by atoms with Crippen LogP contribution < -0.4 is 0 Å². The van der Waals surface area contributed by atoms with Gasteiger partial charge in [0, 0.05) is 5.41 Å². The van der Waals surface area contributed by atoms with E-state index in [2.05, 4.69) is 6.58 Å². The Morgan fingerprint density at radius 1 is 1.28 bits per heavy atom. The van der Waals surface area contributed by atoms with Crippen LogP contribution in [0.25, 0.3) is 0 Å². The molecule has 0 unspecified atom stereocenters. The third kappa shape index (κ3) is 1.52. The molecule has 0 aromatic heterocycles. The maximum atomic E-state index is 12.7. The molecule has 0 amide bonds. The fraction of sp³-hybridized carbons (Fsp3) is 0.800. The molecule has 2 N–H and O–H groups in total. The zero-order valence-corrected chi connectivity index (χ0v) is 14.7. The maximum Gasteiger partial charge on any atom is 0.312 e. The van der Waals surface area contributed by atoms with Crippen molar-refractivity contribution < 1.29 is 24.5 Å². The summed E-state index contributed by atoms with van der Waals surface area (Å²) < 4.78 is 5.67. The first-order valence-corrected chi connectivity index (χ1v) is 9.50. The average molecular weight is 346 g/mol. The molecular formula is C20H26O5. The van der Waals surface area contributed by atoms with Gasteiger partial charge in [0.2, 0.25) is 0 Å². The topological polar surface area (TPSA) is 83.8 Å². The number of carboxylic acid groups (broad SMARTS) is 1. The Labute approximate surface area is 147 Å². The predicted molar refractivity (Wildman–Crippen MR) is 88.4 cm³/mol. The van der Waals surface area contributed by atoms with E-state index >= 15 is 0 Å². The lowest BCUT2D eigenvalue weighted by molar-refractivity contribution is -0.200. The minimum Gasteiger partial charge on any atom is -0.481 e. The molecule has 5 nitrogen and oxygen atoms in total. The van der Waals surface area contributed by atoms with E-state index in [1.165, 1.54) is 0 Å². The molecule has 1 saturated heterocycles. The van der Waals surface area contributed by atoms with Crippen LogP contribution in [-0.2, 0) is 14.3 Å².